The molecule has 102 valence electrons. The largest absolute Gasteiger partial charge is 0.322 e. The van der Waals surface area contributed by atoms with E-state index in [0.717, 1.165) is 23.4 Å². The number of rotatable bonds is 4. The van der Waals surface area contributed by atoms with Gasteiger partial charge in [0, 0.05) is 18.8 Å². The Labute approximate surface area is 118 Å². The monoisotopic (exact) mass is 278 g/mol. The van der Waals surface area contributed by atoms with Gasteiger partial charge in [-0.3, -0.25) is 9.67 Å². The van der Waals surface area contributed by atoms with Crippen LogP contribution in [0.25, 0.3) is 0 Å². The Kier molecular flexibility index (Phi) is 4.22. The second-order valence-corrected chi connectivity index (χ2v) is 5.05. The van der Waals surface area contributed by atoms with Crippen LogP contribution >= 0.6 is 11.6 Å². The zero-order valence-corrected chi connectivity index (χ0v) is 12.3. The van der Waals surface area contributed by atoms with Gasteiger partial charge in [-0.1, -0.05) is 24.6 Å². The third kappa shape index (κ3) is 2.80. The maximum absolute atomic E-state index is 6.29. The van der Waals surface area contributed by atoms with Gasteiger partial charge < -0.3 is 5.73 Å². The molecule has 0 amide bonds. The van der Waals surface area contributed by atoms with Crippen molar-refractivity contribution in [2.45, 2.75) is 32.7 Å². The van der Waals surface area contributed by atoms with Crippen molar-refractivity contribution in [1.82, 2.24) is 14.8 Å². The molecule has 0 radical (unpaired) electrons. The van der Waals surface area contributed by atoms with Gasteiger partial charge in [-0.05, 0) is 31.4 Å². The van der Waals surface area contributed by atoms with Gasteiger partial charge in [-0.2, -0.15) is 5.10 Å². The van der Waals surface area contributed by atoms with E-state index < -0.39 is 0 Å². The van der Waals surface area contributed by atoms with E-state index in [4.69, 9.17) is 17.3 Å². The van der Waals surface area contributed by atoms with E-state index in [2.05, 4.69) is 23.1 Å². The summed E-state index contributed by atoms with van der Waals surface area (Å²) in [6.07, 6.45) is 3.37. The normalized spacial score (nSPS) is 12.7. The van der Waals surface area contributed by atoms with Crippen LogP contribution in [-0.2, 0) is 19.9 Å². The summed E-state index contributed by atoms with van der Waals surface area (Å²) < 4.78 is 1.68. The SMILES string of the molecule is CCc1cccnc1C(N)Cc1c(C)nn(C)c1Cl. The minimum Gasteiger partial charge on any atom is -0.322 e. The average molecular weight is 279 g/mol. The van der Waals surface area contributed by atoms with Crippen LogP contribution in [0.1, 0.15) is 35.5 Å². The molecule has 2 rings (SSSR count). The Morgan fingerprint density at radius 2 is 2.21 bits per heavy atom. The molecule has 2 aromatic rings. The fourth-order valence-electron chi connectivity index (χ4n) is 2.31. The predicted octanol–water partition coefficient (Wildman–Crippen LogP) is 2.58. The fraction of sp³-hybridized carbons (Fsp3) is 0.429. The van der Waals surface area contributed by atoms with Crippen molar-refractivity contribution in [3.05, 3.63) is 46.0 Å². The molecule has 19 heavy (non-hydrogen) atoms. The van der Waals surface area contributed by atoms with Crippen molar-refractivity contribution >= 4 is 11.6 Å². The van der Waals surface area contributed by atoms with Crippen LogP contribution in [0.3, 0.4) is 0 Å². The van der Waals surface area contributed by atoms with Gasteiger partial charge in [0.15, 0.2) is 0 Å². The minimum absolute atomic E-state index is 0.156. The predicted molar refractivity (Wildman–Crippen MR) is 77.2 cm³/mol. The molecule has 0 saturated heterocycles. The van der Waals surface area contributed by atoms with Crippen LogP contribution in [0.5, 0.6) is 0 Å². The van der Waals surface area contributed by atoms with Crippen LogP contribution in [0.2, 0.25) is 5.15 Å². The number of pyridine rings is 1. The molecule has 4 nitrogen and oxygen atoms in total. The number of nitrogens with two attached hydrogens (primary N) is 1. The van der Waals surface area contributed by atoms with Crippen LogP contribution < -0.4 is 5.73 Å². The highest BCUT2D eigenvalue weighted by atomic mass is 35.5. The number of hydrogen-bond acceptors (Lipinski definition) is 3. The number of aryl methyl sites for hydroxylation is 3. The topological polar surface area (TPSA) is 56.7 Å². The van der Waals surface area contributed by atoms with Gasteiger partial charge >= 0.3 is 0 Å². The van der Waals surface area contributed by atoms with Gasteiger partial charge in [0.2, 0.25) is 0 Å². The standard InChI is InChI=1S/C14H19ClN4/c1-4-10-6-5-7-17-13(10)12(16)8-11-9(2)18-19(3)14(11)15/h5-7,12H,4,8,16H2,1-3H3. The summed E-state index contributed by atoms with van der Waals surface area (Å²) in [7, 11) is 1.84. The molecule has 0 aliphatic carbocycles. The molecule has 0 aromatic carbocycles. The molecular formula is C14H19ClN4. The van der Waals surface area contributed by atoms with Crippen molar-refractivity contribution in [2.24, 2.45) is 12.8 Å². The highest BCUT2D eigenvalue weighted by molar-refractivity contribution is 6.30. The molecule has 5 heteroatoms. The quantitative estimate of drug-likeness (QED) is 0.935. The first kappa shape index (κ1) is 14.0. The summed E-state index contributed by atoms with van der Waals surface area (Å²) in [4.78, 5) is 4.42. The Morgan fingerprint density at radius 3 is 2.79 bits per heavy atom. The third-order valence-electron chi connectivity index (χ3n) is 3.35. The molecule has 2 aromatic heterocycles. The molecule has 2 N–H and O–H groups in total. The number of halogens is 1. The maximum Gasteiger partial charge on any atom is 0.130 e. The third-order valence-corrected chi connectivity index (χ3v) is 3.82. The Morgan fingerprint density at radius 1 is 1.47 bits per heavy atom. The van der Waals surface area contributed by atoms with Crippen LogP contribution in [0.4, 0.5) is 0 Å². The number of hydrogen-bond donors (Lipinski definition) is 1. The molecule has 1 unspecified atom stereocenters. The fourth-order valence-corrected chi connectivity index (χ4v) is 2.56. The maximum atomic E-state index is 6.29. The van der Waals surface area contributed by atoms with E-state index in [-0.39, 0.29) is 6.04 Å². The summed E-state index contributed by atoms with van der Waals surface area (Å²) in [5.41, 5.74) is 10.4. The average Bonchev–Trinajstić information content (AvgIpc) is 2.65. The number of nitrogens with zero attached hydrogens (tertiary/aromatic N) is 3. The zero-order valence-electron chi connectivity index (χ0n) is 11.5. The summed E-state index contributed by atoms with van der Waals surface area (Å²) in [6, 6.07) is 3.86. The van der Waals surface area contributed by atoms with Crippen LogP contribution in [0.15, 0.2) is 18.3 Å². The van der Waals surface area contributed by atoms with E-state index >= 15 is 0 Å². The zero-order chi connectivity index (χ0) is 14.0. The van der Waals surface area contributed by atoms with Crippen molar-refractivity contribution in [2.75, 3.05) is 0 Å². The van der Waals surface area contributed by atoms with E-state index in [1.807, 2.05) is 20.0 Å². The van der Waals surface area contributed by atoms with Gasteiger partial charge in [0.1, 0.15) is 5.15 Å². The lowest BCUT2D eigenvalue weighted by Crippen LogP contribution is -2.17. The van der Waals surface area contributed by atoms with Gasteiger partial charge in [0.25, 0.3) is 0 Å². The smallest absolute Gasteiger partial charge is 0.130 e. The van der Waals surface area contributed by atoms with Crippen molar-refractivity contribution in [3.63, 3.8) is 0 Å². The van der Waals surface area contributed by atoms with Crippen LogP contribution in [-0.4, -0.2) is 14.8 Å². The van der Waals surface area contributed by atoms with Crippen molar-refractivity contribution in [1.29, 1.82) is 0 Å². The second kappa shape index (κ2) is 5.72. The Hall–Kier alpha value is -1.39. The van der Waals surface area contributed by atoms with Gasteiger partial charge in [-0.25, -0.2) is 0 Å². The van der Waals surface area contributed by atoms with E-state index in [1.54, 1.807) is 10.9 Å². The Bertz CT molecular complexity index is 577. The molecule has 0 bridgehead atoms. The first-order valence-corrected chi connectivity index (χ1v) is 6.79. The van der Waals surface area contributed by atoms with E-state index in [9.17, 15) is 0 Å². The molecule has 0 aliphatic heterocycles. The highest BCUT2D eigenvalue weighted by Gasteiger charge is 2.18. The van der Waals surface area contributed by atoms with Crippen LogP contribution in [0, 0.1) is 6.92 Å². The molecule has 0 fully saturated rings. The second-order valence-electron chi connectivity index (χ2n) is 4.69. The molecular weight excluding hydrogens is 260 g/mol. The Balaban J connectivity index is 2.28. The molecule has 1 atom stereocenters. The highest BCUT2D eigenvalue weighted by Crippen LogP contribution is 2.25. The first-order chi connectivity index (χ1) is 9.04. The van der Waals surface area contributed by atoms with Crippen molar-refractivity contribution < 1.29 is 0 Å². The molecule has 0 spiro atoms. The summed E-state index contributed by atoms with van der Waals surface area (Å²) in [5, 5.41) is 4.96. The molecule has 2 heterocycles. The molecule has 0 saturated carbocycles. The first-order valence-electron chi connectivity index (χ1n) is 6.42. The lowest BCUT2D eigenvalue weighted by atomic mass is 9.99. The summed E-state index contributed by atoms with van der Waals surface area (Å²) in [5.74, 6) is 0. The summed E-state index contributed by atoms with van der Waals surface area (Å²) >= 11 is 6.24. The number of aromatic nitrogens is 3. The summed E-state index contributed by atoms with van der Waals surface area (Å²) in [6.45, 7) is 4.06. The van der Waals surface area contributed by atoms with E-state index in [1.165, 1.54) is 5.56 Å². The van der Waals surface area contributed by atoms with Gasteiger partial charge in [-0.15, -0.1) is 0 Å². The van der Waals surface area contributed by atoms with E-state index in [0.29, 0.717) is 11.6 Å². The van der Waals surface area contributed by atoms with Gasteiger partial charge in [0.05, 0.1) is 17.4 Å². The lowest BCUT2D eigenvalue weighted by molar-refractivity contribution is 0.682. The lowest BCUT2D eigenvalue weighted by Gasteiger charge is -2.14. The molecule has 0 aliphatic rings. The minimum atomic E-state index is -0.156. The van der Waals surface area contributed by atoms with Crippen molar-refractivity contribution in [3.8, 4) is 0 Å².